The average Bonchev–Trinajstić information content (AvgIpc) is 2.77. The molecule has 2 unspecified atom stereocenters. The molecule has 1 saturated heterocycles. The zero-order valence-electron chi connectivity index (χ0n) is 10.7. The highest BCUT2D eigenvalue weighted by Crippen LogP contribution is 2.30. The molecule has 1 aromatic rings. The molecule has 2 atom stereocenters. The Balaban J connectivity index is 2.25. The number of rotatable bonds is 3. The van der Waals surface area contributed by atoms with Gasteiger partial charge in [-0.2, -0.15) is 4.31 Å². The second-order valence-corrected chi connectivity index (χ2v) is 7.89. The fourth-order valence-electron chi connectivity index (χ4n) is 2.46. The highest BCUT2D eigenvalue weighted by Gasteiger charge is 2.33. The predicted molar refractivity (Wildman–Crippen MR) is 72.0 cm³/mol. The molecule has 1 N–H and O–H groups in total. The van der Waals surface area contributed by atoms with E-state index in [1.54, 1.807) is 15.8 Å². The zero-order chi connectivity index (χ0) is 13.3. The van der Waals surface area contributed by atoms with E-state index in [2.05, 4.69) is 6.92 Å². The first-order valence-corrected chi connectivity index (χ1v) is 8.47. The topological polar surface area (TPSA) is 57.6 Å². The van der Waals surface area contributed by atoms with Crippen molar-refractivity contribution in [2.45, 2.75) is 44.2 Å². The Labute approximate surface area is 112 Å². The average molecular weight is 289 g/mol. The van der Waals surface area contributed by atoms with Crippen molar-refractivity contribution >= 4 is 21.4 Å². The van der Waals surface area contributed by atoms with Crippen molar-refractivity contribution in [1.29, 1.82) is 0 Å². The largest absolute Gasteiger partial charge is 0.391 e. The van der Waals surface area contributed by atoms with Crippen LogP contribution in [0.25, 0.3) is 0 Å². The minimum Gasteiger partial charge on any atom is -0.391 e. The summed E-state index contributed by atoms with van der Waals surface area (Å²) in [5.74, 6) is 0.585. The Morgan fingerprint density at radius 2 is 2.22 bits per heavy atom. The van der Waals surface area contributed by atoms with E-state index in [0.717, 1.165) is 12.8 Å². The zero-order valence-corrected chi connectivity index (χ0v) is 12.3. The van der Waals surface area contributed by atoms with E-state index in [1.807, 2.05) is 6.92 Å². The Morgan fingerprint density at radius 3 is 2.78 bits per heavy atom. The van der Waals surface area contributed by atoms with Crippen LogP contribution in [0.15, 0.2) is 16.3 Å². The fourth-order valence-corrected chi connectivity index (χ4v) is 5.23. The van der Waals surface area contributed by atoms with Crippen molar-refractivity contribution in [3.8, 4) is 0 Å². The Hall–Kier alpha value is -0.430. The Kier molecular flexibility index (Phi) is 4.11. The number of aliphatic hydroxyl groups excluding tert-OH is 1. The van der Waals surface area contributed by atoms with Crippen LogP contribution in [0.1, 0.15) is 31.6 Å². The maximum Gasteiger partial charge on any atom is 0.244 e. The normalized spacial score (nSPS) is 26.4. The first kappa shape index (κ1) is 14.0. The van der Waals surface area contributed by atoms with Gasteiger partial charge in [-0.1, -0.05) is 6.92 Å². The van der Waals surface area contributed by atoms with Crippen molar-refractivity contribution in [3.05, 3.63) is 16.3 Å². The number of piperidine rings is 1. The van der Waals surface area contributed by atoms with Crippen LogP contribution in [0, 0.1) is 5.92 Å². The number of sulfonamides is 1. The molecular weight excluding hydrogens is 270 g/mol. The van der Waals surface area contributed by atoms with Gasteiger partial charge in [0.25, 0.3) is 0 Å². The van der Waals surface area contributed by atoms with Gasteiger partial charge in [0.2, 0.25) is 10.0 Å². The van der Waals surface area contributed by atoms with Crippen molar-refractivity contribution in [2.24, 2.45) is 5.92 Å². The standard InChI is InChI=1S/C12H19NO3S2/c1-9-3-4-13(10(2)5-9)18(15,16)12-6-11(7-14)17-8-12/h6,8-10,14H,3-5,7H2,1-2H3. The van der Waals surface area contributed by atoms with Crippen LogP contribution in [-0.4, -0.2) is 30.4 Å². The van der Waals surface area contributed by atoms with E-state index in [-0.39, 0.29) is 12.6 Å². The number of thiophene rings is 1. The quantitative estimate of drug-likeness (QED) is 0.926. The number of hydrogen-bond acceptors (Lipinski definition) is 4. The minimum absolute atomic E-state index is 0.0521. The van der Waals surface area contributed by atoms with Crippen molar-refractivity contribution in [3.63, 3.8) is 0 Å². The lowest BCUT2D eigenvalue weighted by molar-refractivity contribution is 0.220. The third-order valence-electron chi connectivity index (χ3n) is 3.47. The van der Waals surface area contributed by atoms with Crippen LogP contribution < -0.4 is 0 Å². The summed E-state index contributed by atoms with van der Waals surface area (Å²) in [5.41, 5.74) is 0. The lowest BCUT2D eigenvalue weighted by Crippen LogP contribution is -2.43. The van der Waals surface area contributed by atoms with Gasteiger partial charge in [0, 0.05) is 22.8 Å². The molecular formula is C12H19NO3S2. The molecule has 0 spiro atoms. The van der Waals surface area contributed by atoms with Gasteiger partial charge in [-0.25, -0.2) is 8.42 Å². The molecule has 1 fully saturated rings. The molecule has 4 nitrogen and oxygen atoms in total. The molecule has 1 aliphatic heterocycles. The van der Waals surface area contributed by atoms with Gasteiger partial charge < -0.3 is 5.11 Å². The van der Waals surface area contributed by atoms with Crippen molar-refractivity contribution in [2.75, 3.05) is 6.54 Å². The number of nitrogens with zero attached hydrogens (tertiary/aromatic N) is 1. The van der Waals surface area contributed by atoms with Crippen LogP contribution in [0.4, 0.5) is 0 Å². The second kappa shape index (κ2) is 5.28. The summed E-state index contributed by atoms with van der Waals surface area (Å²) in [6, 6.07) is 1.63. The Bertz CT molecular complexity index is 509. The molecule has 1 aliphatic rings. The summed E-state index contributed by atoms with van der Waals surface area (Å²) in [6.07, 6.45) is 1.83. The van der Waals surface area contributed by atoms with Crippen LogP contribution in [0.3, 0.4) is 0 Å². The molecule has 0 bridgehead atoms. The highest BCUT2D eigenvalue weighted by molar-refractivity contribution is 7.89. The monoisotopic (exact) mass is 289 g/mol. The summed E-state index contributed by atoms with van der Waals surface area (Å²) in [6.45, 7) is 4.61. The molecule has 0 radical (unpaired) electrons. The molecule has 0 saturated carbocycles. The Morgan fingerprint density at radius 1 is 1.50 bits per heavy atom. The van der Waals surface area contributed by atoms with Crippen molar-refractivity contribution < 1.29 is 13.5 Å². The van der Waals surface area contributed by atoms with Gasteiger partial charge in [-0.3, -0.25) is 0 Å². The van der Waals surface area contributed by atoms with Gasteiger partial charge >= 0.3 is 0 Å². The fraction of sp³-hybridized carbons (Fsp3) is 0.667. The number of hydrogen-bond donors (Lipinski definition) is 1. The van der Waals surface area contributed by atoms with E-state index in [0.29, 0.717) is 22.2 Å². The highest BCUT2D eigenvalue weighted by atomic mass is 32.2. The first-order chi connectivity index (χ1) is 8.45. The van der Waals surface area contributed by atoms with Gasteiger partial charge in [0.15, 0.2) is 0 Å². The number of aliphatic hydroxyl groups is 1. The summed E-state index contributed by atoms with van der Waals surface area (Å²) < 4.78 is 26.6. The molecule has 2 heterocycles. The van der Waals surface area contributed by atoms with Crippen LogP contribution in [0.5, 0.6) is 0 Å². The SMILES string of the molecule is CC1CCN(S(=O)(=O)c2csc(CO)c2)C(C)C1. The molecule has 2 rings (SSSR count). The third kappa shape index (κ3) is 2.61. The maximum absolute atomic E-state index is 12.5. The summed E-state index contributed by atoms with van der Waals surface area (Å²) in [4.78, 5) is 1.00. The molecule has 0 amide bonds. The lowest BCUT2D eigenvalue weighted by atomic mass is 9.95. The van der Waals surface area contributed by atoms with Gasteiger partial charge in [-0.05, 0) is 31.7 Å². The molecule has 18 heavy (non-hydrogen) atoms. The van der Waals surface area contributed by atoms with Crippen LogP contribution >= 0.6 is 11.3 Å². The van der Waals surface area contributed by atoms with E-state index < -0.39 is 10.0 Å². The lowest BCUT2D eigenvalue weighted by Gasteiger charge is -2.35. The van der Waals surface area contributed by atoms with Gasteiger partial charge in [0.1, 0.15) is 0 Å². The van der Waals surface area contributed by atoms with Crippen LogP contribution in [0.2, 0.25) is 0 Å². The van der Waals surface area contributed by atoms with Gasteiger partial charge in [0.05, 0.1) is 11.5 Å². The smallest absolute Gasteiger partial charge is 0.244 e. The van der Waals surface area contributed by atoms with E-state index in [4.69, 9.17) is 5.11 Å². The first-order valence-electron chi connectivity index (χ1n) is 6.15. The van der Waals surface area contributed by atoms with Gasteiger partial charge in [-0.15, -0.1) is 11.3 Å². The van der Waals surface area contributed by atoms with E-state index >= 15 is 0 Å². The predicted octanol–water partition coefficient (Wildman–Crippen LogP) is 2.05. The summed E-state index contributed by atoms with van der Waals surface area (Å²) >= 11 is 1.29. The summed E-state index contributed by atoms with van der Waals surface area (Å²) in [5, 5.41) is 10.6. The van der Waals surface area contributed by atoms with E-state index in [1.165, 1.54) is 11.3 Å². The molecule has 0 aromatic carbocycles. The van der Waals surface area contributed by atoms with E-state index in [9.17, 15) is 8.42 Å². The molecule has 1 aromatic heterocycles. The molecule has 102 valence electrons. The molecule has 6 heteroatoms. The third-order valence-corrected chi connectivity index (χ3v) is 6.53. The summed E-state index contributed by atoms with van der Waals surface area (Å²) in [7, 11) is -3.39. The maximum atomic E-state index is 12.5. The minimum atomic E-state index is -3.39. The molecule has 0 aliphatic carbocycles. The second-order valence-electron chi connectivity index (χ2n) is 5.00. The van der Waals surface area contributed by atoms with Crippen LogP contribution in [-0.2, 0) is 16.6 Å². The van der Waals surface area contributed by atoms with Crippen molar-refractivity contribution in [1.82, 2.24) is 4.31 Å².